The van der Waals surface area contributed by atoms with Crippen LogP contribution in [0.3, 0.4) is 0 Å². The van der Waals surface area contributed by atoms with E-state index in [0.717, 1.165) is 0 Å². The van der Waals surface area contributed by atoms with E-state index in [-0.39, 0.29) is 17.4 Å². The number of carbonyl (C=O) groups excluding carboxylic acids is 1. The van der Waals surface area contributed by atoms with Gasteiger partial charge in [-0.15, -0.1) is 0 Å². The minimum atomic E-state index is -4.09. The van der Waals surface area contributed by atoms with Crippen molar-refractivity contribution in [2.75, 3.05) is 11.9 Å². The molecule has 0 spiro atoms. The van der Waals surface area contributed by atoms with Crippen molar-refractivity contribution in [1.29, 1.82) is 0 Å². The summed E-state index contributed by atoms with van der Waals surface area (Å²) in [5, 5.41) is 11.9. The minimum absolute atomic E-state index is 0.128. The molecule has 9 heteroatoms. The summed E-state index contributed by atoms with van der Waals surface area (Å²) in [7, 11) is -4.09. The van der Waals surface area contributed by atoms with Crippen LogP contribution in [-0.4, -0.2) is 43.7 Å². The van der Waals surface area contributed by atoms with Crippen LogP contribution in [0.5, 0.6) is 0 Å². The second-order valence-electron chi connectivity index (χ2n) is 7.28. The maximum atomic E-state index is 12.5. The van der Waals surface area contributed by atoms with E-state index in [1.807, 2.05) is 0 Å². The zero-order valence-electron chi connectivity index (χ0n) is 16.4. The summed E-state index contributed by atoms with van der Waals surface area (Å²) in [5.74, 6) is -1.67. The van der Waals surface area contributed by atoms with Gasteiger partial charge >= 0.3 is 5.97 Å². The van der Waals surface area contributed by atoms with Crippen LogP contribution in [0.1, 0.15) is 31.1 Å². The Kier molecular flexibility index (Phi) is 7.12. The SMILES string of the molecule is CC(C)(C)OCC(NS(=O)(=O)c1ccc(NC(=O)c2ccccc2)cc1)C(=O)O. The molecule has 2 aromatic carbocycles. The fraction of sp³-hybridized carbons (Fsp3) is 0.300. The van der Waals surface area contributed by atoms with E-state index in [1.165, 1.54) is 24.3 Å². The number of aliphatic carboxylic acids is 1. The summed E-state index contributed by atoms with van der Waals surface area (Å²) in [6, 6.07) is 12.6. The Morgan fingerprint density at radius 1 is 1.03 bits per heavy atom. The fourth-order valence-electron chi connectivity index (χ4n) is 2.25. The largest absolute Gasteiger partial charge is 0.480 e. The molecular weight excluding hydrogens is 396 g/mol. The van der Waals surface area contributed by atoms with Crippen LogP contribution >= 0.6 is 0 Å². The topological polar surface area (TPSA) is 122 Å². The molecule has 0 aliphatic rings. The van der Waals surface area contributed by atoms with Crippen molar-refractivity contribution >= 4 is 27.6 Å². The molecule has 3 N–H and O–H groups in total. The smallest absolute Gasteiger partial charge is 0.324 e. The first kappa shape index (κ1) is 22.5. The number of benzene rings is 2. The van der Waals surface area contributed by atoms with Crippen molar-refractivity contribution in [1.82, 2.24) is 4.72 Å². The van der Waals surface area contributed by atoms with Crippen LogP contribution in [0.15, 0.2) is 59.5 Å². The van der Waals surface area contributed by atoms with Crippen molar-refractivity contribution in [2.24, 2.45) is 0 Å². The number of carbonyl (C=O) groups is 2. The molecule has 156 valence electrons. The highest BCUT2D eigenvalue weighted by molar-refractivity contribution is 7.89. The van der Waals surface area contributed by atoms with Gasteiger partial charge in [-0.05, 0) is 57.2 Å². The third kappa shape index (κ3) is 6.97. The Morgan fingerprint density at radius 2 is 1.62 bits per heavy atom. The van der Waals surface area contributed by atoms with E-state index in [1.54, 1.807) is 51.1 Å². The van der Waals surface area contributed by atoms with Crippen LogP contribution in [0, 0.1) is 0 Å². The van der Waals surface area contributed by atoms with E-state index in [4.69, 9.17) is 4.74 Å². The number of carboxylic acid groups (broad SMARTS) is 1. The van der Waals surface area contributed by atoms with E-state index < -0.39 is 27.6 Å². The van der Waals surface area contributed by atoms with Crippen molar-refractivity contribution in [2.45, 2.75) is 37.3 Å². The molecular formula is C20H24N2O6S. The van der Waals surface area contributed by atoms with Gasteiger partial charge in [-0.2, -0.15) is 4.72 Å². The molecule has 29 heavy (non-hydrogen) atoms. The minimum Gasteiger partial charge on any atom is -0.480 e. The highest BCUT2D eigenvalue weighted by atomic mass is 32.2. The van der Waals surface area contributed by atoms with Crippen LogP contribution < -0.4 is 10.0 Å². The van der Waals surface area contributed by atoms with Gasteiger partial charge in [0.25, 0.3) is 5.91 Å². The molecule has 0 saturated heterocycles. The number of amides is 1. The maximum Gasteiger partial charge on any atom is 0.324 e. The van der Waals surface area contributed by atoms with Crippen LogP contribution in [-0.2, 0) is 19.6 Å². The van der Waals surface area contributed by atoms with Crippen molar-refractivity contribution in [3.8, 4) is 0 Å². The van der Waals surface area contributed by atoms with Gasteiger partial charge < -0.3 is 15.2 Å². The van der Waals surface area contributed by atoms with E-state index in [9.17, 15) is 23.1 Å². The number of ether oxygens (including phenoxy) is 1. The normalized spacial score (nSPS) is 12.9. The van der Waals surface area contributed by atoms with Gasteiger partial charge in [0.15, 0.2) is 0 Å². The summed E-state index contributed by atoms with van der Waals surface area (Å²) >= 11 is 0. The summed E-state index contributed by atoms with van der Waals surface area (Å²) in [6.45, 7) is 4.90. The highest BCUT2D eigenvalue weighted by Gasteiger charge is 2.27. The highest BCUT2D eigenvalue weighted by Crippen LogP contribution is 2.16. The third-order valence-corrected chi connectivity index (χ3v) is 5.22. The van der Waals surface area contributed by atoms with Crippen molar-refractivity contribution in [3.63, 3.8) is 0 Å². The zero-order valence-corrected chi connectivity index (χ0v) is 17.2. The molecule has 0 heterocycles. The average molecular weight is 420 g/mol. The molecule has 0 aliphatic carbocycles. The average Bonchev–Trinajstić information content (AvgIpc) is 2.65. The monoisotopic (exact) mass is 420 g/mol. The Morgan fingerprint density at radius 3 is 2.14 bits per heavy atom. The van der Waals surface area contributed by atoms with Gasteiger partial charge in [0, 0.05) is 11.3 Å². The van der Waals surface area contributed by atoms with Crippen LogP contribution in [0.25, 0.3) is 0 Å². The molecule has 1 unspecified atom stereocenters. The lowest BCUT2D eigenvalue weighted by Crippen LogP contribution is -2.45. The third-order valence-electron chi connectivity index (χ3n) is 3.74. The molecule has 0 radical (unpaired) electrons. The lowest BCUT2D eigenvalue weighted by molar-refractivity contribution is -0.142. The first-order chi connectivity index (χ1) is 13.5. The maximum absolute atomic E-state index is 12.5. The zero-order chi connectivity index (χ0) is 21.7. The second-order valence-corrected chi connectivity index (χ2v) is 8.99. The van der Waals surface area contributed by atoms with Crippen molar-refractivity contribution < 1.29 is 27.9 Å². The first-order valence-corrected chi connectivity index (χ1v) is 10.3. The molecule has 0 fully saturated rings. The molecule has 1 amide bonds. The summed E-state index contributed by atoms with van der Waals surface area (Å²) in [5.41, 5.74) is 0.259. The molecule has 0 bridgehead atoms. The number of hydrogen-bond donors (Lipinski definition) is 3. The Labute approximate surface area is 169 Å². The van der Waals surface area contributed by atoms with Gasteiger partial charge in [-0.1, -0.05) is 18.2 Å². The lowest BCUT2D eigenvalue weighted by Gasteiger charge is -2.23. The number of anilines is 1. The van der Waals surface area contributed by atoms with Crippen LogP contribution in [0.2, 0.25) is 0 Å². The van der Waals surface area contributed by atoms with Crippen molar-refractivity contribution in [3.05, 3.63) is 60.2 Å². The quantitative estimate of drug-likeness (QED) is 0.603. The Balaban J connectivity index is 2.08. The van der Waals surface area contributed by atoms with Gasteiger partial charge in [-0.25, -0.2) is 8.42 Å². The van der Waals surface area contributed by atoms with Gasteiger partial charge in [0.05, 0.1) is 17.1 Å². The summed E-state index contributed by atoms with van der Waals surface area (Å²) in [6.07, 6.45) is 0. The molecule has 2 rings (SSSR count). The fourth-order valence-corrected chi connectivity index (χ4v) is 3.43. The lowest BCUT2D eigenvalue weighted by atomic mass is 10.2. The Bertz CT molecular complexity index is 951. The molecule has 0 aromatic heterocycles. The summed E-state index contributed by atoms with van der Waals surface area (Å²) < 4.78 is 32.5. The molecule has 0 saturated carbocycles. The van der Waals surface area contributed by atoms with E-state index >= 15 is 0 Å². The molecule has 0 aliphatic heterocycles. The first-order valence-electron chi connectivity index (χ1n) is 8.83. The molecule has 8 nitrogen and oxygen atoms in total. The van der Waals surface area contributed by atoms with Gasteiger partial charge in [0.1, 0.15) is 6.04 Å². The number of hydrogen-bond acceptors (Lipinski definition) is 5. The number of rotatable bonds is 8. The number of nitrogens with one attached hydrogen (secondary N) is 2. The standard InChI is InChI=1S/C20H24N2O6S/c1-20(2,3)28-13-17(19(24)25)22-29(26,27)16-11-9-15(10-12-16)21-18(23)14-7-5-4-6-8-14/h4-12,17,22H,13H2,1-3H3,(H,21,23)(H,24,25). The number of sulfonamides is 1. The van der Waals surface area contributed by atoms with E-state index in [0.29, 0.717) is 11.3 Å². The predicted octanol–water partition coefficient (Wildman–Crippen LogP) is 2.49. The molecule has 1 atom stereocenters. The summed E-state index contributed by atoms with van der Waals surface area (Å²) in [4.78, 5) is 23.4. The van der Waals surface area contributed by atoms with E-state index in [2.05, 4.69) is 10.0 Å². The second kappa shape index (κ2) is 9.17. The Hall–Kier alpha value is -2.75. The predicted molar refractivity (Wildman–Crippen MR) is 108 cm³/mol. The van der Waals surface area contributed by atoms with Gasteiger partial charge in [0.2, 0.25) is 10.0 Å². The number of carboxylic acids is 1. The van der Waals surface area contributed by atoms with Gasteiger partial charge in [-0.3, -0.25) is 9.59 Å². The van der Waals surface area contributed by atoms with Crippen LogP contribution in [0.4, 0.5) is 5.69 Å². The molecule has 2 aromatic rings.